The summed E-state index contributed by atoms with van der Waals surface area (Å²) in [6.07, 6.45) is 0. The summed E-state index contributed by atoms with van der Waals surface area (Å²) in [5.41, 5.74) is 2.82. The summed E-state index contributed by atoms with van der Waals surface area (Å²) in [4.78, 5) is 40.5. The Balaban J connectivity index is 1.60. The number of carbonyl (C=O) groups is 3. The molecule has 3 aromatic rings. The Kier molecular flexibility index (Phi) is 6.51. The fraction of sp³-hybridized carbons (Fsp3) is 0.182. The van der Waals surface area contributed by atoms with Crippen molar-refractivity contribution >= 4 is 29.0 Å². The van der Waals surface area contributed by atoms with Gasteiger partial charge in [-0.3, -0.25) is 9.59 Å². The number of nitrogens with one attached hydrogen (secondary N) is 1. The Labute approximate surface area is 172 Å². The molecule has 0 atom stereocenters. The van der Waals surface area contributed by atoms with Crippen LogP contribution in [0.2, 0.25) is 0 Å². The Bertz CT molecular complexity index is 1030. The first-order valence-electron chi connectivity index (χ1n) is 9.00. The molecule has 0 spiro atoms. The van der Waals surface area contributed by atoms with Crippen LogP contribution in [0.5, 0.6) is 0 Å². The van der Waals surface area contributed by atoms with Crippen LogP contribution >= 0.6 is 11.3 Å². The molecule has 0 radical (unpaired) electrons. The van der Waals surface area contributed by atoms with Crippen LogP contribution in [0.25, 0.3) is 10.6 Å². The quantitative estimate of drug-likeness (QED) is 0.475. The number of rotatable bonds is 7. The maximum absolute atomic E-state index is 12.4. The molecule has 0 saturated heterocycles. The zero-order chi connectivity index (χ0) is 20.8. The number of nitrogens with zero attached hydrogens (tertiary/aromatic N) is 1. The summed E-state index contributed by atoms with van der Waals surface area (Å²) in [6, 6.07) is 16.4. The number of aromatic nitrogens is 1. The van der Waals surface area contributed by atoms with Gasteiger partial charge in [-0.1, -0.05) is 54.6 Å². The van der Waals surface area contributed by atoms with E-state index in [-0.39, 0.29) is 18.3 Å². The van der Waals surface area contributed by atoms with Gasteiger partial charge in [-0.05, 0) is 12.5 Å². The Morgan fingerprint density at radius 2 is 1.72 bits per heavy atom. The van der Waals surface area contributed by atoms with Gasteiger partial charge in [-0.15, -0.1) is 11.3 Å². The number of hydrogen-bond acceptors (Lipinski definition) is 6. The Hall–Kier alpha value is -3.32. The zero-order valence-electron chi connectivity index (χ0n) is 16.1. The fourth-order valence-electron chi connectivity index (χ4n) is 2.61. The van der Waals surface area contributed by atoms with Gasteiger partial charge in [0.1, 0.15) is 9.88 Å². The lowest BCUT2D eigenvalue weighted by molar-refractivity contribution is -0.119. The van der Waals surface area contributed by atoms with E-state index in [0.717, 1.165) is 16.1 Å². The third kappa shape index (κ3) is 5.36. The lowest BCUT2D eigenvalue weighted by atomic mass is 10.1. The van der Waals surface area contributed by atoms with Crippen LogP contribution in [-0.4, -0.2) is 29.3 Å². The molecule has 0 unspecified atom stereocenters. The number of benzene rings is 2. The highest BCUT2D eigenvalue weighted by Gasteiger charge is 2.19. The van der Waals surface area contributed by atoms with Crippen molar-refractivity contribution in [3.8, 4) is 10.6 Å². The van der Waals surface area contributed by atoms with Gasteiger partial charge in [0.2, 0.25) is 5.91 Å². The van der Waals surface area contributed by atoms with E-state index in [1.165, 1.54) is 18.3 Å². The average molecular weight is 408 g/mol. The van der Waals surface area contributed by atoms with Gasteiger partial charge in [0.15, 0.2) is 12.4 Å². The molecule has 0 aliphatic carbocycles. The van der Waals surface area contributed by atoms with Crippen molar-refractivity contribution in [3.63, 3.8) is 0 Å². The average Bonchev–Trinajstić information content (AvgIpc) is 3.13. The second-order valence-electron chi connectivity index (χ2n) is 6.41. The minimum Gasteiger partial charge on any atom is -0.453 e. The summed E-state index contributed by atoms with van der Waals surface area (Å²) in [7, 11) is 0. The zero-order valence-corrected chi connectivity index (χ0v) is 16.9. The predicted octanol–water partition coefficient (Wildman–Crippen LogP) is 3.79. The van der Waals surface area contributed by atoms with Crippen molar-refractivity contribution < 1.29 is 19.1 Å². The van der Waals surface area contributed by atoms with Gasteiger partial charge in [-0.2, -0.15) is 0 Å². The number of thiazole rings is 1. The van der Waals surface area contributed by atoms with Crippen LogP contribution in [0.4, 0.5) is 0 Å². The highest BCUT2D eigenvalue weighted by molar-refractivity contribution is 7.17. The van der Waals surface area contributed by atoms with E-state index in [1.54, 1.807) is 31.2 Å². The van der Waals surface area contributed by atoms with E-state index in [4.69, 9.17) is 4.74 Å². The number of ether oxygens (including phenoxy) is 1. The summed E-state index contributed by atoms with van der Waals surface area (Å²) in [6.45, 7) is 3.24. The Morgan fingerprint density at radius 1 is 1.03 bits per heavy atom. The van der Waals surface area contributed by atoms with Gasteiger partial charge in [0.25, 0.3) is 0 Å². The third-order valence-electron chi connectivity index (χ3n) is 4.15. The van der Waals surface area contributed by atoms with E-state index in [1.807, 2.05) is 30.3 Å². The normalized spacial score (nSPS) is 10.4. The first-order valence-corrected chi connectivity index (χ1v) is 9.82. The topological polar surface area (TPSA) is 85.4 Å². The molecular weight excluding hydrogens is 388 g/mol. The minimum atomic E-state index is -0.558. The molecular formula is C22H20N2O4S. The highest BCUT2D eigenvalue weighted by atomic mass is 32.1. The van der Waals surface area contributed by atoms with Crippen molar-refractivity contribution in [2.75, 3.05) is 6.61 Å². The van der Waals surface area contributed by atoms with Crippen molar-refractivity contribution in [2.24, 2.45) is 0 Å². The van der Waals surface area contributed by atoms with Gasteiger partial charge in [0.05, 0.1) is 5.69 Å². The van der Waals surface area contributed by atoms with Crippen molar-refractivity contribution in [2.45, 2.75) is 20.4 Å². The molecule has 6 nitrogen and oxygen atoms in total. The molecule has 0 fully saturated rings. The second-order valence-corrected chi connectivity index (χ2v) is 7.40. The molecule has 0 aliphatic rings. The van der Waals surface area contributed by atoms with Gasteiger partial charge < -0.3 is 10.1 Å². The molecule has 0 bridgehead atoms. The Morgan fingerprint density at radius 3 is 2.38 bits per heavy atom. The van der Waals surface area contributed by atoms with Crippen molar-refractivity contribution in [3.05, 3.63) is 76.3 Å². The molecule has 148 valence electrons. The lowest BCUT2D eigenvalue weighted by Crippen LogP contribution is -2.19. The van der Waals surface area contributed by atoms with Crippen LogP contribution < -0.4 is 5.32 Å². The number of aryl methyl sites for hydroxylation is 1. The maximum atomic E-state index is 12.4. The number of ketones is 1. The molecule has 0 aliphatic heterocycles. The smallest absolute Gasteiger partial charge is 0.350 e. The molecule has 1 amide bonds. The van der Waals surface area contributed by atoms with Gasteiger partial charge in [0, 0.05) is 24.6 Å². The first kappa shape index (κ1) is 20.4. The van der Waals surface area contributed by atoms with Crippen LogP contribution in [0.3, 0.4) is 0 Å². The number of amides is 1. The molecule has 1 N–H and O–H groups in total. The summed E-state index contributed by atoms with van der Waals surface area (Å²) >= 11 is 1.25. The molecule has 7 heteroatoms. The number of hydrogen-bond donors (Lipinski definition) is 1. The fourth-order valence-corrected chi connectivity index (χ4v) is 3.57. The van der Waals surface area contributed by atoms with E-state index >= 15 is 0 Å². The van der Waals surface area contributed by atoms with Crippen molar-refractivity contribution in [1.82, 2.24) is 10.3 Å². The molecule has 29 heavy (non-hydrogen) atoms. The van der Waals surface area contributed by atoms with E-state index in [2.05, 4.69) is 10.3 Å². The van der Waals surface area contributed by atoms with Crippen LogP contribution in [0.1, 0.15) is 38.2 Å². The lowest BCUT2D eigenvalue weighted by Gasteiger charge is -2.05. The van der Waals surface area contributed by atoms with Gasteiger partial charge in [-0.25, -0.2) is 9.78 Å². The largest absolute Gasteiger partial charge is 0.453 e. The highest BCUT2D eigenvalue weighted by Crippen LogP contribution is 2.28. The predicted molar refractivity (Wildman–Crippen MR) is 111 cm³/mol. The maximum Gasteiger partial charge on any atom is 0.350 e. The van der Waals surface area contributed by atoms with E-state index in [9.17, 15) is 14.4 Å². The van der Waals surface area contributed by atoms with Crippen LogP contribution in [0, 0.1) is 6.92 Å². The van der Waals surface area contributed by atoms with Gasteiger partial charge >= 0.3 is 5.97 Å². The van der Waals surface area contributed by atoms with E-state index < -0.39 is 5.97 Å². The number of Topliss-reactive ketones (excluding diaryl/α,β-unsaturated/α-hetero) is 1. The standard InChI is InChI=1S/C22H20N2O4S/c1-14-20(29-21(24-14)18-6-4-3-5-7-18)22(27)28-13-19(26)17-10-8-16(9-11-17)12-23-15(2)25/h3-11H,12-13H2,1-2H3,(H,23,25). The molecule has 2 aromatic carbocycles. The molecule has 3 rings (SSSR count). The van der Waals surface area contributed by atoms with Crippen LogP contribution in [0.15, 0.2) is 54.6 Å². The second kappa shape index (κ2) is 9.25. The SMILES string of the molecule is CC(=O)NCc1ccc(C(=O)COC(=O)c2sc(-c3ccccc3)nc2C)cc1. The number of carbonyl (C=O) groups excluding carboxylic acids is 3. The molecule has 1 aromatic heterocycles. The molecule has 0 saturated carbocycles. The summed E-state index contributed by atoms with van der Waals surface area (Å²) < 4.78 is 5.21. The summed E-state index contributed by atoms with van der Waals surface area (Å²) in [5.74, 6) is -0.974. The third-order valence-corrected chi connectivity index (χ3v) is 5.34. The first-order chi connectivity index (χ1) is 13.9. The minimum absolute atomic E-state index is 0.120. The van der Waals surface area contributed by atoms with Crippen LogP contribution in [-0.2, 0) is 16.1 Å². The summed E-state index contributed by atoms with van der Waals surface area (Å²) in [5, 5.41) is 3.42. The molecule has 1 heterocycles. The monoisotopic (exact) mass is 408 g/mol. The van der Waals surface area contributed by atoms with Crippen molar-refractivity contribution in [1.29, 1.82) is 0 Å². The van der Waals surface area contributed by atoms with E-state index in [0.29, 0.717) is 22.7 Å². The number of esters is 1.